The number of piperazine rings is 1. The van der Waals surface area contributed by atoms with Crippen molar-refractivity contribution in [3.8, 4) is 0 Å². The van der Waals surface area contributed by atoms with E-state index >= 15 is 0 Å². The van der Waals surface area contributed by atoms with Crippen LogP contribution in [0, 0.1) is 0 Å². The second-order valence-corrected chi connectivity index (χ2v) is 8.99. The summed E-state index contributed by atoms with van der Waals surface area (Å²) in [5.41, 5.74) is 3.03. The number of carbonyl (C=O) groups is 2. The molecule has 0 amide bonds. The van der Waals surface area contributed by atoms with E-state index in [9.17, 15) is 0 Å². The van der Waals surface area contributed by atoms with Gasteiger partial charge in [-0.2, -0.15) is 0 Å². The Morgan fingerprint density at radius 1 is 0.758 bits per heavy atom. The number of hydrogen-bond donors (Lipinski definition) is 2. The molecule has 0 aromatic heterocycles. The van der Waals surface area contributed by atoms with Gasteiger partial charge in [0.25, 0.3) is 0 Å². The highest BCUT2D eigenvalue weighted by atomic mass is 16.4. The first-order valence-electron chi connectivity index (χ1n) is 12.0. The van der Waals surface area contributed by atoms with Gasteiger partial charge < -0.3 is 15.1 Å². The maximum Gasteiger partial charge on any atom is 0.414 e. The summed E-state index contributed by atoms with van der Waals surface area (Å²) in [6, 6.07) is 22.9. The van der Waals surface area contributed by atoms with Crippen LogP contribution in [0.1, 0.15) is 49.1 Å². The van der Waals surface area contributed by atoms with E-state index in [0.29, 0.717) is 0 Å². The molecule has 33 heavy (non-hydrogen) atoms. The van der Waals surface area contributed by atoms with Gasteiger partial charge >= 0.3 is 11.9 Å². The zero-order chi connectivity index (χ0) is 23.5. The van der Waals surface area contributed by atoms with Crippen molar-refractivity contribution in [2.45, 2.75) is 50.5 Å². The van der Waals surface area contributed by atoms with Gasteiger partial charge in [-0.1, -0.05) is 60.7 Å². The van der Waals surface area contributed by atoms with Gasteiger partial charge in [-0.15, -0.1) is 0 Å². The SMILES string of the molecule is O=C(O)C(=O)O.c1ccc(CCCN2CCN(C3CCC(c4ccccc4)CC3)CC2)cc1. The normalized spacial score (nSPS) is 21.6. The lowest BCUT2D eigenvalue weighted by Gasteiger charge is -2.42. The molecule has 178 valence electrons. The minimum absolute atomic E-state index is 0.793. The predicted molar refractivity (Wildman–Crippen MR) is 129 cm³/mol. The Bertz CT molecular complexity index is 831. The Kier molecular flexibility index (Phi) is 9.91. The van der Waals surface area contributed by atoms with E-state index in [4.69, 9.17) is 19.8 Å². The molecule has 1 saturated heterocycles. The van der Waals surface area contributed by atoms with E-state index in [1.807, 2.05) is 0 Å². The Balaban J connectivity index is 0.000000454. The Morgan fingerprint density at radius 3 is 1.85 bits per heavy atom. The molecule has 1 aliphatic heterocycles. The summed E-state index contributed by atoms with van der Waals surface area (Å²) in [5.74, 6) is -2.85. The van der Waals surface area contributed by atoms with Crippen molar-refractivity contribution in [2.24, 2.45) is 0 Å². The highest BCUT2D eigenvalue weighted by molar-refractivity contribution is 6.27. The number of hydrogen-bond acceptors (Lipinski definition) is 4. The van der Waals surface area contributed by atoms with Gasteiger partial charge in [0.1, 0.15) is 0 Å². The summed E-state index contributed by atoms with van der Waals surface area (Å²) >= 11 is 0. The van der Waals surface area contributed by atoms with Crippen molar-refractivity contribution in [3.05, 3.63) is 71.8 Å². The van der Waals surface area contributed by atoms with Gasteiger partial charge in [-0.3, -0.25) is 4.90 Å². The van der Waals surface area contributed by atoms with E-state index in [2.05, 4.69) is 70.5 Å². The van der Waals surface area contributed by atoms with Crippen LogP contribution in [0.25, 0.3) is 0 Å². The van der Waals surface area contributed by atoms with Crippen LogP contribution in [-0.2, 0) is 16.0 Å². The lowest BCUT2D eigenvalue weighted by Crippen LogP contribution is -2.51. The fraction of sp³-hybridized carbons (Fsp3) is 0.481. The van der Waals surface area contributed by atoms with Crippen LogP contribution in [0.3, 0.4) is 0 Å². The van der Waals surface area contributed by atoms with Gasteiger partial charge in [0.2, 0.25) is 0 Å². The van der Waals surface area contributed by atoms with E-state index in [1.54, 1.807) is 5.56 Å². The molecule has 0 bridgehead atoms. The molecule has 0 spiro atoms. The molecule has 4 rings (SSSR count). The molecule has 0 radical (unpaired) electrons. The number of benzene rings is 2. The topological polar surface area (TPSA) is 81.1 Å². The van der Waals surface area contributed by atoms with Gasteiger partial charge in [0.15, 0.2) is 0 Å². The summed E-state index contributed by atoms with van der Waals surface area (Å²) < 4.78 is 0. The number of aryl methyl sites for hydroxylation is 1. The van der Waals surface area contributed by atoms with Crippen LogP contribution in [0.5, 0.6) is 0 Å². The second kappa shape index (κ2) is 13.1. The summed E-state index contributed by atoms with van der Waals surface area (Å²) in [6.45, 7) is 6.31. The third kappa shape index (κ3) is 8.30. The standard InChI is InChI=1S/C25H34N2.C2H2O4/c1-3-8-22(9-4-1)10-7-17-26-18-20-27(21-19-26)25-15-13-24(14-16-25)23-11-5-2-6-12-23;3-1(4)2(5)6/h1-6,8-9,11-12,24-25H,7,10,13-21H2;(H,3,4)(H,5,6). The summed E-state index contributed by atoms with van der Waals surface area (Å²) in [7, 11) is 0. The molecular weight excluding hydrogens is 416 g/mol. The number of aliphatic carboxylic acids is 2. The fourth-order valence-electron chi connectivity index (χ4n) is 5.00. The molecule has 6 nitrogen and oxygen atoms in total. The molecule has 2 aliphatic rings. The van der Waals surface area contributed by atoms with Crippen LogP contribution in [-0.4, -0.2) is 70.7 Å². The van der Waals surface area contributed by atoms with Crippen molar-refractivity contribution < 1.29 is 19.8 Å². The predicted octanol–water partition coefficient (Wildman–Crippen LogP) is 4.12. The molecule has 1 heterocycles. The van der Waals surface area contributed by atoms with Gasteiger partial charge in [-0.25, -0.2) is 9.59 Å². The number of rotatable bonds is 6. The Labute approximate surface area is 196 Å². The van der Waals surface area contributed by atoms with Crippen molar-refractivity contribution >= 4 is 11.9 Å². The van der Waals surface area contributed by atoms with Gasteiger partial charge in [0, 0.05) is 32.2 Å². The average molecular weight is 453 g/mol. The van der Waals surface area contributed by atoms with Crippen LogP contribution in [0.4, 0.5) is 0 Å². The van der Waals surface area contributed by atoms with Crippen LogP contribution < -0.4 is 0 Å². The maximum atomic E-state index is 9.10. The minimum Gasteiger partial charge on any atom is -0.473 e. The molecule has 2 fully saturated rings. The first-order chi connectivity index (χ1) is 16.0. The summed E-state index contributed by atoms with van der Waals surface area (Å²) in [5, 5.41) is 14.8. The molecule has 1 aliphatic carbocycles. The smallest absolute Gasteiger partial charge is 0.414 e. The molecule has 1 saturated carbocycles. The molecule has 2 aromatic carbocycles. The lowest BCUT2D eigenvalue weighted by molar-refractivity contribution is -0.159. The van der Waals surface area contributed by atoms with Crippen LogP contribution >= 0.6 is 0 Å². The largest absolute Gasteiger partial charge is 0.473 e. The Morgan fingerprint density at radius 2 is 1.30 bits per heavy atom. The van der Waals surface area contributed by atoms with Crippen molar-refractivity contribution in [1.82, 2.24) is 9.80 Å². The minimum atomic E-state index is -1.82. The zero-order valence-electron chi connectivity index (χ0n) is 19.3. The monoisotopic (exact) mass is 452 g/mol. The molecule has 2 N–H and O–H groups in total. The third-order valence-corrected chi connectivity index (χ3v) is 6.86. The average Bonchev–Trinajstić information content (AvgIpc) is 2.86. The van der Waals surface area contributed by atoms with Crippen molar-refractivity contribution in [2.75, 3.05) is 32.7 Å². The van der Waals surface area contributed by atoms with Crippen LogP contribution in [0.15, 0.2) is 60.7 Å². The van der Waals surface area contributed by atoms with E-state index in [1.165, 1.54) is 76.8 Å². The molecule has 6 heteroatoms. The third-order valence-electron chi connectivity index (χ3n) is 6.86. The molecular formula is C27H36N2O4. The van der Waals surface area contributed by atoms with E-state index in [-0.39, 0.29) is 0 Å². The zero-order valence-corrected chi connectivity index (χ0v) is 19.3. The maximum absolute atomic E-state index is 9.10. The number of nitrogens with zero attached hydrogens (tertiary/aromatic N) is 2. The van der Waals surface area contributed by atoms with E-state index < -0.39 is 11.9 Å². The quantitative estimate of drug-likeness (QED) is 0.642. The highest BCUT2D eigenvalue weighted by Crippen LogP contribution is 2.34. The van der Waals surface area contributed by atoms with Crippen molar-refractivity contribution in [3.63, 3.8) is 0 Å². The van der Waals surface area contributed by atoms with Crippen molar-refractivity contribution in [1.29, 1.82) is 0 Å². The van der Waals surface area contributed by atoms with Crippen LogP contribution in [0.2, 0.25) is 0 Å². The first kappa shape index (κ1) is 24.9. The number of carboxylic acids is 2. The highest BCUT2D eigenvalue weighted by Gasteiger charge is 2.28. The fourth-order valence-corrected chi connectivity index (χ4v) is 5.00. The molecule has 0 unspecified atom stereocenters. The lowest BCUT2D eigenvalue weighted by atomic mass is 9.81. The second-order valence-electron chi connectivity index (χ2n) is 8.99. The summed E-state index contributed by atoms with van der Waals surface area (Å²) in [6.07, 6.45) is 8.00. The Hall–Kier alpha value is -2.70. The van der Waals surface area contributed by atoms with Gasteiger partial charge in [0.05, 0.1) is 0 Å². The van der Waals surface area contributed by atoms with E-state index in [0.717, 1.165) is 12.0 Å². The summed E-state index contributed by atoms with van der Waals surface area (Å²) in [4.78, 5) is 23.7. The first-order valence-corrected chi connectivity index (χ1v) is 12.0. The van der Waals surface area contributed by atoms with Gasteiger partial charge in [-0.05, 0) is 62.1 Å². The molecule has 0 atom stereocenters. The number of carboxylic acid groups (broad SMARTS) is 2. The molecule has 2 aromatic rings.